The Bertz CT molecular complexity index is 433. The molecule has 112 valence electrons. The van der Waals surface area contributed by atoms with E-state index >= 15 is 0 Å². The summed E-state index contributed by atoms with van der Waals surface area (Å²) in [4.78, 5) is 0. The lowest BCUT2D eigenvalue weighted by atomic mass is 10.1. The highest BCUT2D eigenvalue weighted by Gasteiger charge is 2.15. The largest absolute Gasteiger partial charge is 0.493 e. The molecule has 0 spiro atoms. The first kappa shape index (κ1) is 15.6. The molecule has 0 bridgehead atoms. The number of methoxy groups -OCH3 is 1. The van der Waals surface area contributed by atoms with E-state index in [1.54, 1.807) is 7.11 Å². The van der Waals surface area contributed by atoms with Crippen LogP contribution in [0, 0.1) is 5.92 Å². The molecule has 0 amide bonds. The number of rotatable bonds is 7. The molecule has 0 saturated carbocycles. The summed E-state index contributed by atoms with van der Waals surface area (Å²) in [7, 11) is 1.66. The lowest BCUT2D eigenvalue weighted by Gasteiger charge is -2.14. The van der Waals surface area contributed by atoms with Crippen LogP contribution < -0.4 is 14.8 Å². The second-order valence-corrected chi connectivity index (χ2v) is 5.76. The van der Waals surface area contributed by atoms with Crippen molar-refractivity contribution in [3.8, 4) is 11.5 Å². The Morgan fingerprint density at radius 2 is 2.30 bits per heavy atom. The first-order chi connectivity index (χ1) is 9.74. The van der Waals surface area contributed by atoms with E-state index in [0.717, 1.165) is 48.7 Å². The summed E-state index contributed by atoms with van der Waals surface area (Å²) in [6.45, 7) is 6.17. The van der Waals surface area contributed by atoms with Gasteiger partial charge < -0.3 is 19.5 Å². The van der Waals surface area contributed by atoms with Crippen molar-refractivity contribution in [3.05, 3.63) is 22.2 Å². The highest BCUT2D eigenvalue weighted by atomic mass is 79.9. The molecule has 1 fully saturated rings. The Balaban J connectivity index is 1.95. The standard InChI is InChI=1S/C15H22BrNO3/c1-3-20-15-13(16)6-12(7-14(15)18-2)9-17-8-11-4-5-19-10-11/h6-7,11,17H,3-5,8-10H2,1-2H3. The third-order valence-corrected chi connectivity index (χ3v) is 3.95. The number of ether oxygens (including phenoxy) is 3. The van der Waals surface area contributed by atoms with Crippen molar-refractivity contribution in [1.82, 2.24) is 5.32 Å². The molecule has 0 radical (unpaired) electrons. The van der Waals surface area contributed by atoms with E-state index in [-0.39, 0.29) is 0 Å². The summed E-state index contributed by atoms with van der Waals surface area (Å²) < 4.78 is 17.3. The van der Waals surface area contributed by atoms with Crippen molar-refractivity contribution >= 4 is 15.9 Å². The van der Waals surface area contributed by atoms with Gasteiger partial charge in [0.25, 0.3) is 0 Å². The van der Waals surface area contributed by atoms with Gasteiger partial charge in [0.2, 0.25) is 0 Å². The van der Waals surface area contributed by atoms with Crippen LogP contribution in [-0.4, -0.2) is 33.5 Å². The van der Waals surface area contributed by atoms with Crippen LogP contribution in [0.1, 0.15) is 18.9 Å². The maximum Gasteiger partial charge on any atom is 0.175 e. The Hall–Kier alpha value is -0.780. The summed E-state index contributed by atoms with van der Waals surface area (Å²) in [5.41, 5.74) is 1.18. The van der Waals surface area contributed by atoms with Crippen LogP contribution in [0.3, 0.4) is 0 Å². The van der Waals surface area contributed by atoms with E-state index in [0.29, 0.717) is 12.5 Å². The minimum atomic E-state index is 0.619. The van der Waals surface area contributed by atoms with Crippen molar-refractivity contribution in [2.45, 2.75) is 19.9 Å². The van der Waals surface area contributed by atoms with E-state index < -0.39 is 0 Å². The summed E-state index contributed by atoms with van der Waals surface area (Å²) in [6.07, 6.45) is 1.16. The number of benzene rings is 1. The Labute approximate surface area is 128 Å². The van der Waals surface area contributed by atoms with Crippen molar-refractivity contribution in [2.24, 2.45) is 5.92 Å². The molecule has 1 unspecified atom stereocenters. The number of hydrogen-bond acceptors (Lipinski definition) is 4. The van der Waals surface area contributed by atoms with Crippen molar-refractivity contribution in [3.63, 3.8) is 0 Å². The molecule has 2 rings (SSSR count). The minimum absolute atomic E-state index is 0.619. The fraction of sp³-hybridized carbons (Fsp3) is 0.600. The summed E-state index contributed by atoms with van der Waals surface area (Å²) in [6, 6.07) is 4.10. The van der Waals surface area contributed by atoms with Gasteiger partial charge in [-0.05, 0) is 52.9 Å². The second kappa shape index (κ2) is 7.86. The van der Waals surface area contributed by atoms with Crippen LogP contribution in [0.15, 0.2) is 16.6 Å². The molecule has 1 saturated heterocycles. The molecule has 1 aromatic rings. The highest BCUT2D eigenvalue weighted by Crippen LogP contribution is 2.36. The average molecular weight is 344 g/mol. The van der Waals surface area contributed by atoms with Gasteiger partial charge in [-0.25, -0.2) is 0 Å². The van der Waals surface area contributed by atoms with Crippen molar-refractivity contribution in [2.75, 3.05) is 33.5 Å². The zero-order chi connectivity index (χ0) is 14.4. The van der Waals surface area contributed by atoms with E-state index in [2.05, 4.69) is 27.3 Å². The lowest BCUT2D eigenvalue weighted by molar-refractivity contribution is 0.185. The van der Waals surface area contributed by atoms with Gasteiger partial charge in [0.05, 0.1) is 24.8 Å². The zero-order valence-corrected chi connectivity index (χ0v) is 13.7. The van der Waals surface area contributed by atoms with Crippen molar-refractivity contribution in [1.29, 1.82) is 0 Å². The Morgan fingerprint density at radius 3 is 2.95 bits per heavy atom. The topological polar surface area (TPSA) is 39.7 Å². The Kier molecular flexibility index (Phi) is 6.13. The SMILES string of the molecule is CCOc1c(Br)cc(CNCC2CCOC2)cc1OC. The molecule has 1 aliphatic rings. The van der Waals surface area contributed by atoms with Gasteiger partial charge in [0.1, 0.15) is 0 Å². The highest BCUT2D eigenvalue weighted by molar-refractivity contribution is 9.10. The zero-order valence-electron chi connectivity index (χ0n) is 12.1. The van der Waals surface area contributed by atoms with Crippen molar-refractivity contribution < 1.29 is 14.2 Å². The maximum atomic E-state index is 5.59. The van der Waals surface area contributed by atoms with Gasteiger partial charge in [-0.15, -0.1) is 0 Å². The quantitative estimate of drug-likeness (QED) is 0.826. The van der Waals surface area contributed by atoms with Gasteiger partial charge in [-0.3, -0.25) is 0 Å². The smallest absolute Gasteiger partial charge is 0.175 e. The van der Waals surface area contributed by atoms with Gasteiger partial charge in [0, 0.05) is 19.7 Å². The van der Waals surface area contributed by atoms with Crippen LogP contribution in [0.25, 0.3) is 0 Å². The van der Waals surface area contributed by atoms with Gasteiger partial charge in [-0.1, -0.05) is 0 Å². The van der Waals surface area contributed by atoms with Gasteiger partial charge in [0.15, 0.2) is 11.5 Å². The summed E-state index contributed by atoms with van der Waals surface area (Å²) in [5, 5.41) is 3.48. The first-order valence-electron chi connectivity index (χ1n) is 7.02. The van der Waals surface area contributed by atoms with Crippen LogP contribution in [0.5, 0.6) is 11.5 Å². The first-order valence-corrected chi connectivity index (χ1v) is 7.81. The molecule has 4 nitrogen and oxygen atoms in total. The predicted molar refractivity (Wildman–Crippen MR) is 82.5 cm³/mol. The lowest BCUT2D eigenvalue weighted by Crippen LogP contribution is -2.22. The predicted octanol–water partition coefficient (Wildman–Crippen LogP) is 2.98. The maximum absolute atomic E-state index is 5.59. The van der Waals surface area contributed by atoms with Crippen LogP contribution in [0.4, 0.5) is 0 Å². The monoisotopic (exact) mass is 343 g/mol. The van der Waals surface area contributed by atoms with Crippen LogP contribution in [-0.2, 0) is 11.3 Å². The third-order valence-electron chi connectivity index (χ3n) is 3.36. The number of nitrogens with one attached hydrogen (secondary N) is 1. The molecule has 1 heterocycles. The molecule has 20 heavy (non-hydrogen) atoms. The molecular weight excluding hydrogens is 322 g/mol. The minimum Gasteiger partial charge on any atom is -0.493 e. The van der Waals surface area contributed by atoms with E-state index in [4.69, 9.17) is 14.2 Å². The van der Waals surface area contributed by atoms with Crippen LogP contribution in [0.2, 0.25) is 0 Å². The number of hydrogen-bond donors (Lipinski definition) is 1. The molecule has 0 aliphatic carbocycles. The second-order valence-electron chi connectivity index (χ2n) is 4.90. The third kappa shape index (κ3) is 4.11. The normalized spacial score (nSPS) is 18.2. The van der Waals surface area contributed by atoms with E-state index in [9.17, 15) is 0 Å². The molecular formula is C15H22BrNO3. The fourth-order valence-electron chi connectivity index (χ4n) is 2.32. The summed E-state index contributed by atoms with van der Waals surface area (Å²) >= 11 is 3.55. The number of halogens is 1. The van der Waals surface area contributed by atoms with Crippen LogP contribution >= 0.6 is 15.9 Å². The van der Waals surface area contributed by atoms with Gasteiger partial charge >= 0.3 is 0 Å². The molecule has 1 N–H and O–H groups in total. The summed E-state index contributed by atoms with van der Waals surface area (Å²) in [5.74, 6) is 2.17. The Morgan fingerprint density at radius 1 is 1.45 bits per heavy atom. The molecule has 1 atom stereocenters. The molecule has 5 heteroatoms. The van der Waals surface area contributed by atoms with E-state index in [1.165, 1.54) is 5.56 Å². The molecule has 1 aliphatic heterocycles. The van der Waals surface area contributed by atoms with Gasteiger partial charge in [-0.2, -0.15) is 0 Å². The molecule has 1 aromatic carbocycles. The fourth-order valence-corrected chi connectivity index (χ4v) is 2.93. The van der Waals surface area contributed by atoms with E-state index in [1.807, 2.05) is 13.0 Å². The molecule has 0 aromatic heterocycles. The average Bonchev–Trinajstić information content (AvgIpc) is 2.94.